The second-order valence-electron chi connectivity index (χ2n) is 7.03. The van der Waals surface area contributed by atoms with Gasteiger partial charge in [-0.2, -0.15) is 0 Å². The van der Waals surface area contributed by atoms with Gasteiger partial charge >= 0.3 is 0 Å². The molecule has 1 aliphatic heterocycles. The number of thiazole rings is 1. The summed E-state index contributed by atoms with van der Waals surface area (Å²) in [4.78, 5) is 20.1. The Hall–Kier alpha value is -2.49. The third kappa shape index (κ3) is 4.63. The normalized spacial score (nSPS) is 14.7. The molecule has 1 fully saturated rings. The fourth-order valence-electron chi connectivity index (χ4n) is 3.55. The van der Waals surface area contributed by atoms with Gasteiger partial charge < -0.3 is 9.64 Å². The summed E-state index contributed by atoms with van der Waals surface area (Å²) < 4.78 is 6.47. The van der Waals surface area contributed by atoms with Gasteiger partial charge in [-0.3, -0.25) is 15.0 Å². The number of hydrogen-bond acceptors (Lipinski definition) is 7. The van der Waals surface area contributed by atoms with Crippen molar-refractivity contribution in [2.75, 3.05) is 38.2 Å². The first-order valence-corrected chi connectivity index (χ1v) is 11.2. The molecule has 0 aliphatic carbocycles. The highest BCUT2D eigenvalue weighted by Crippen LogP contribution is 2.34. The van der Waals surface area contributed by atoms with Gasteiger partial charge in [-0.15, -0.1) is 11.3 Å². The number of methoxy groups -OCH3 is 1. The fraction of sp³-hybridized carbons (Fsp3) is 0.286. The third-order valence-corrected chi connectivity index (χ3v) is 6.52. The van der Waals surface area contributed by atoms with Gasteiger partial charge in [0.25, 0.3) is 5.69 Å². The first-order chi connectivity index (χ1) is 14.5. The smallest absolute Gasteiger partial charge is 0.271 e. The molecule has 3 aromatic rings. The monoisotopic (exact) mass is 488 g/mol. The fourth-order valence-corrected chi connectivity index (χ4v) is 4.74. The van der Waals surface area contributed by atoms with Crippen LogP contribution in [-0.2, 0) is 6.54 Å². The zero-order valence-electron chi connectivity index (χ0n) is 16.5. The Labute approximate surface area is 187 Å². The molecule has 0 N–H and O–H groups in total. The maximum atomic E-state index is 11.0. The van der Waals surface area contributed by atoms with Crippen molar-refractivity contribution in [3.05, 3.63) is 68.1 Å². The van der Waals surface area contributed by atoms with E-state index < -0.39 is 0 Å². The SMILES string of the molecule is COc1ccc(Br)cc1-c1nc(CN2CCN(c3cccc([N+](=O)[O-])c3)CC2)cs1. The van der Waals surface area contributed by atoms with E-state index in [1.807, 2.05) is 24.3 Å². The van der Waals surface area contributed by atoms with Crippen molar-refractivity contribution in [2.45, 2.75) is 6.54 Å². The number of benzene rings is 2. The summed E-state index contributed by atoms with van der Waals surface area (Å²) in [5.41, 5.74) is 3.06. The van der Waals surface area contributed by atoms with Gasteiger partial charge in [0.05, 0.1) is 23.3 Å². The molecular weight excluding hydrogens is 468 g/mol. The summed E-state index contributed by atoms with van der Waals surface area (Å²) in [6.07, 6.45) is 0. The lowest BCUT2D eigenvalue weighted by atomic mass is 10.2. The van der Waals surface area contributed by atoms with E-state index in [0.29, 0.717) is 0 Å². The van der Waals surface area contributed by atoms with Crippen LogP contribution in [0.2, 0.25) is 0 Å². The molecule has 30 heavy (non-hydrogen) atoms. The summed E-state index contributed by atoms with van der Waals surface area (Å²) in [7, 11) is 1.67. The standard InChI is InChI=1S/C21H21BrN4O3S/c1-29-20-6-5-15(22)11-19(20)21-23-16(14-30-21)13-24-7-9-25(10-8-24)17-3-2-4-18(12-17)26(27)28/h2-6,11-12,14H,7-10,13H2,1H3. The van der Waals surface area contributed by atoms with Crippen LogP contribution in [0.1, 0.15) is 5.69 Å². The van der Waals surface area contributed by atoms with Crippen molar-refractivity contribution in [3.8, 4) is 16.3 Å². The number of halogens is 1. The molecule has 4 rings (SSSR count). The number of nitro groups is 1. The number of aromatic nitrogens is 1. The van der Waals surface area contributed by atoms with Crippen molar-refractivity contribution in [2.24, 2.45) is 0 Å². The van der Waals surface area contributed by atoms with Gasteiger partial charge in [-0.25, -0.2) is 4.98 Å². The molecule has 7 nitrogen and oxygen atoms in total. The molecule has 9 heteroatoms. The van der Waals surface area contributed by atoms with E-state index in [0.717, 1.165) is 64.9 Å². The Kier molecular flexibility index (Phi) is 6.31. The van der Waals surface area contributed by atoms with Gasteiger partial charge in [-0.1, -0.05) is 22.0 Å². The zero-order valence-corrected chi connectivity index (χ0v) is 18.9. The molecule has 0 saturated carbocycles. The number of ether oxygens (including phenoxy) is 1. The molecule has 1 saturated heterocycles. The van der Waals surface area contributed by atoms with Crippen LogP contribution in [0.15, 0.2) is 52.3 Å². The minimum atomic E-state index is -0.347. The first kappa shape index (κ1) is 20.8. The maximum absolute atomic E-state index is 11.0. The lowest BCUT2D eigenvalue weighted by Gasteiger charge is -2.35. The largest absolute Gasteiger partial charge is 0.496 e. The molecule has 0 atom stereocenters. The predicted octanol–water partition coefficient (Wildman–Crippen LogP) is 4.81. The second-order valence-corrected chi connectivity index (χ2v) is 8.80. The van der Waals surface area contributed by atoms with Crippen LogP contribution < -0.4 is 9.64 Å². The molecule has 0 amide bonds. The van der Waals surface area contributed by atoms with Gasteiger partial charge in [0.2, 0.25) is 0 Å². The number of hydrogen-bond donors (Lipinski definition) is 0. The topological polar surface area (TPSA) is 71.7 Å². The Morgan fingerprint density at radius 2 is 2.00 bits per heavy atom. The Morgan fingerprint density at radius 3 is 2.73 bits per heavy atom. The minimum absolute atomic E-state index is 0.132. The van der Waals surface area contributed by atoms with Crippen LogP contribution in [-0.4, -0.2) is 48.1 Å². The third-order valence-electron chi connectivity index (χ3n) is 5.11. The average Bonchev–Trinajstić information content (AvgIpc) is 3.22. The highest BCUT2D eigenvalue weighted by molar-refractivity contribution is 9.10. The molecule has 1 aliphatic rings. The van der Waals surface area contributed by atoms with Crippen LogP contribution >= 0.6 is 27.3 Å². The van der Waals surface area contributed by atoms with Crippen molar-refractivity contribution >= 4 is 38.6 Å². The molecular formula is C21H21BrN4O3S. The summed E-state index contributed by atoms with van der Waals surface area (Å²) in [6, 6.07) is 12.8. The number of piperazine rings is 1. The lowest BCUT2D eigenvalue weighted by molar-refractivity contribution is -0.384. The molecule has 0 bridgehead atoms. The van der Waals surface area contributed by atoms with Gasteiger partial charge in [-0.05, 0) is 24.3 Å². The second kappa shape index (κ2) is 9.11. The summed E-state index contributed by atoms with van der Waals surface area (Å²) >= 11 is 5.14. The molecule has 0 spiro atoms. The van der Waals surface area contributed by atoms with Crippen molar-refractivity contribution < 1.29 is 9.66 Å². The Bertz CT molecular complexity index is 1050. The van der Waals surface area contributed by atoms with Gasteiger partial charge in [0.1, 0.15) is 10.8 Å². The van der Waals surface area contributed by atoms with Crippen molar-refractivity contribution in [3.63, 3.8) is 0 Å². The van der Waals surface area contributed by atoms with Crippen molar-refractivity contribution in [1.29, 1.82) is 0 Å². The van der Waals surface area contributed by atoms with Crippen LogP contribution in [0.3, 0.4) is 0 Å². The van der Waals surface area contributed by atoms with Crippen molar-refractivity contribution in [1.82, 2.24) is 9.88 Å². The van der Waals surface area contributed by atoms with Crippen LogP contribution in [0.5, 0.6) is 5.75 Å². The number of anilines is 1. The van der Waals surface area contributed by atoms with E-state index in [9.17, 15) is 10.1 Å². The molecule has 0 unspecified atom stereocenters. The average molecular weight is 489 g/mol. The number of nitro benzene ring substituents is 1. The van der Waals surface area contributed by atoms with Crippen LogP contribution in [0.25, 0.3) is 10.6 Å². The number of nitrogens with zero attached hydrogens (tertiary/aromatic N) is 4. The summed E-state index contributed by atoms with van der Waals surface area (Å²) in [6.45, 7) is 4.22. The maximum Gasteiger partial charge on any atom is 0.271 e. The van der Waals surface area contributed by atoms with E-state index in [1.165, 1.54) is 6.07 Å². The highest BCUT2D eigenvalue weighted by Gasteiger charge is 2.20. The molecule has 2 aromatic carbocycles. The van der Waals surface area contributed by atoms with Crippen LogP contribution in [0.4, 0.5) is 11.4 Å². The first-order valence-electron chi connectivity index (χ1n) is 9.53. The predicted molar refractivity (Wildman–Crippen MR) is 122 cm³/mol. The molecule has 2 heterocycles. The minimum Gasteiger partial charge on any atom is -0.496 e. The molecule has 0 radical (unpaired) electrons. The molecule has 1 aromatic heterocycles. The van der Waals surface area contributed by atoms with Gasteiger partial charge in [0, 0.05) is 60.4 Å². The Morgan fingerprint density at radius 1 is 1.20 bits per heavy atom. The zero-order chi connectivity index (χ0) is 21.1. The quantitative estimate of drug-likeness (QED) is 0.366. The molecule has 156 valence electrons. The lowest BCUT2D eigenvalue weighted by Crippen LogP contribution is -2.46. The van der Waals surface area contributed by atoms with Gasteiger partial charge in [0.15, 0.2) is 0 Å². The van der Waals surface area contributed by atoms with E-state index in [2.05, 4.69) is 31.1 Å². The van der Waals surface area contributed by atoms with E-state index in [-0.39, 0.29) is 10.6 Å². The van der Waals surface area contributed by atoms with Crippen LogP contribution in [0, 0.1) is 10.1 Å². The Balaban J connectivity index is 1.39. The highest BCUT2D eigenvalue weighted by atomic mass is 79.9. The van der Waals surface area contributed by atoms with E-state index >= 15 is 0 Å². The summed E-state index contributed by atoms with van der Waals surface area (Å²) in [5.74, 6) is 0.810. The number of non-ortho nitro benzene ring substituents is 1. The van der Waals surface area contributed by atoms with E-state index in [4.69, 9.17) is 9.72 Å². The van der Waals surface area contributed by atoms with E-state index in [1.54, 1.807) is 30.6 Å². The summed E-state index contributed by atoms with van der Waals surface area (Å²) in [5, 5.41) is 14.1. The number of rotatable bonds is 6.